The van der Waals surface area contributed by atoms with Crippen LogP contribution in [0.2, 0.25) is 0 Å². The van der Waals surface area contributed by atoms with Crippen LogP contribution in [0.5, 0.6) is 0 Å². The third-order valence-corrected chi connectivity index (χ3v) is 7.15. The highest BCUT2D eigenvalue weighted by Crippen LogP contribution is 2.28. The number of nitrogens with zero attached hydrogens (tertiary/aromatic N) is 1. The van der Waals surface area contributed by atoms with Crippen molar-refractivity contribution in [3.8, 4) is 22.3 Å². The number of carbonyl (C=O) groups excluding carboxylic acids is 1. The molecule has 0 aliphatic carbocycles. The van der Waals surface area contributed by atoms with Gasteiger partial charge < -0.3 is 4.90 Å². The largest absolute Gasteiger partial charge is 0.342 e. The maximum atomic E-state index is 11.9. The smallest absolute Gasteiger partial charge is 0.248 e. The van der Waals surface area contributed by atoms with E-state index in [0.29, 0.717) is 5.57 Å². The van der Waals surface area contributed by atoms with Gasteiger partial charge in [0.15, 0.2) is 0 Å². The lowest BCUT2D eigenvalue weighted by atomic mass is 9.96. The quantitative estimate of drug-likeness (QED) is 0.152. The average molecular weight is 490 g/mol. The molecule has 37 heavy (non-hydrogen) atoms. The number of unbranched alkanes of at least 4 members (excludes halogenated alkanes) is 2. The minimum atomic E-state index is 0.0226. The number of likely N-dealkylation sites (N-methyl/N-ethyl adjacent to an activating group) is 1. The van der Waals surface area contributed by atoms with Crippen LogP contribution in [0.1, 0.15) is 50.7 Å². The van der Waals surface area contributed by atoms with Crippen molar-refractivity contribution in [3.63, 3.8) is 0 Å². The van der Waals surface area contributed by atoms with Gasteiger partial charge in [0.1, 0.15) is 0 Å². The Morgan fingerprint density at radius 2 is 1.19 bits per heavy atom. The Morgan fingerprint density at radius 3 is 1.84 bits per heavy atom. The van der Waals surface area contributed by atoms with Gasteiger partial charge in [0, 0.05) is 19.2 Å². The molecule has 0 saturated heterocycles. The second-order valence-electron chi connectivity index (χ2n) is 10.2. The molecule has 0 radical (unpaired) electrons. The summed E-state index contributed by atoms with van der Waals surface area (Å²) in [4.78, 5) is 13.7. The number of fused-ring (bicyclic) bond motifs is 1. The van der Waals surface area contributed by atoms with Crippen LogP contribution in [0.25, 0.3) is 33.0 Å². The van der Waals surface area contributed by atoms with E-state index in [0.717, 1.165) is 19.4 Å². The first-order valence-corrected chi connectivity index (χ1v) is 13.6. The maximum absolute atomic E-state index is 11.9. The highest BCUT2D eigenvalue weighted by Gasteiger charge is 2.08. The molecule has 2 heteroatoms. The first-order chi connectivity index (χ1) is 17.9. The monoisotopic (exact) mass is 489 g/mol. The van der Waals surface area contributed by atoms with E-state index in [4.69, 9.17) is 0 Å². The van der Waals surface area contributed by atoms with Gasteiger partial charge in [0.2, 0.25) is 5.91 Å². The summed E-state index contributed by atoms with van der Waals surface area (Å²) in [6.07, 6.45) is 6.89. The Balaban J connectivity index is 1.38. The van der Waals surface area contributed by atoms with E-state index in [1.807, 2.05) is 7.05 Å². The van der Waals surface area contributed by atoms with Gasteiger partial charge in [-0.1, -0.05) is 105 Å². The highest BCUT2D eigenvalue weighted by molar-refractivity contribution is 5.92. The molecule has 0 fully saturated rings. The molecular weight excluding hydrogens is 450 g/mol. The lowest BCUT2D eigenvalue weighted by Gasteiger charge is -2.16. The van der Waals surface area contributed by atoms with E-state index in [-0.39, 0.29) is 5.91 Å². The third kappa shape index (κ3) is 6.98. The molecule has 0 spiro atoms. The van der Waals surface area contributed by atoms with Gasteiger partial charge in [0.25, 0.3) is 0 Å². The summed E-state index contributed by atoms with van der Waals surface area (Å²) in [5.74, 6) is 0.0226. The van der Waals surface area contributed by atoms with Crippen LogP contribution in [0.15, 0.2) is 97.1 Å². The number of carbonyl (C=O) groups is 1. The summed E-state index contributed by atoms with van der Waals surface area (Å²) in [6.45, 7) is 8.49. The molecule has 0 unspecified atom stereocenters. The van der Waals surface area contributed by atoms with Crippen molar-refractivity contribution < 1.29 is 4.79 Å². The molecule has 4 aromatic rings. The zero-order chi connectivity index (χ0) is 26.2. The van der Waals surface area contributed by atoms with Crippen LogP contribution in [0, 0.1) is 0 Å². The summed E-state index contributed by atoms with van der Waals surface area (Å²) < 4.78 is 0. The minimum Gasteiger partial charge on any atom is -0.342 e. The molecule has 2 nitrogen and oxygen atoms in total. The molecular formula is C35H39NO. The van der Waals surface area contributed by atoms with E-state index in [1.54, 1.807) is 11.8 Å². The van der Waals surface area contributed by atoms with Crippen molar-refractivity contribution in [2.75, 3.05) is 13.6 Å². The average Bonchev–Trinajstić information content (AvgIpc) is 2.93. The molecule has 0 heterocycles. The van der Waals surface area contributed by atoms with Crippen LogP contribution in [-0.2, 0) is 17.6 Å². The van der Waals surface area contributed by atoms with Crippen molar-refractivity contribution in [1.29, 1.82) is 0 Å². The Kier molecular flexibility index (Phi) is 8.95. The first-order valence-electron chi connectivity index (χ1n) is 13.6. The van der Waals surface area contributed by atoms with Crippen LogP contribution in [-0.4, -0.2) is 24.4 Å². The summed E-state index contributed by atoms with van der Waals surface area (Å²) in [5.41, 5.74) is 8.25. The molecule has 0 aromatic heterocycles. The molecule has 0 aliphatic rings. The fourth-order valence-electron chi connectivity index (χ4n) is 4.88. The van der Waals surface area contributed by atoms with Gasteiger partial charge in [-0.05, 0) is 82.8 Å². The van der Waals surface area contributed by atoms with E-state index >= 15 is 0 Å². The highest BCUT2D eigenvalue weighted by atomic mass is 16.2. The molecule has 1 amide bonds. The normalized spacial score (nSPS) is 11.0. The number of aryl methyl sites for hydroxylation is 2. The zero-order valence-electron chi connectivity index (χ0n) is 22.6. The van der Waals surface area contributed by atoms with E-state index in [1.165, 1.54) is 69.8 Å². The summed E-state index contributed by atoms with van der Waals surface area (Å²) in [7, 11) is 1.84. The van der Waals surface area contributed by atoms with Gasteiger partial charge in [-0.2, -0.15) is 0 Å². The Bertz CT molecular complexity index is 1350. The zero-order valence-corrected chi connectivity index (χ0v) is 22.6. The van der Waals surface area contributed by atoms with Gasteiger partial charge in [-0.15, -0.1) is 0 Å². The SMILES string of the molecule is C=C(C)C(=O)N(C)CCCc1ccc(-c2ccc(-c3ccc4cc(CCCCC)ccc4c3)cc2)cc1. The van der Waals surface area contributed by atoms with Crippen molar-refractivity contribution in [2.24, 2.45) is 0 Å². The predicted molar refractivity (Wildman–Crippen MR) is 159 cm³/mol. The van der Waals surface area contributed by atoms with Crippen molar-refractivity contribution in [2.45, 2.75) is 52.4 Å². The standard InChI is InChI=1S/C35H39NO/c1-5-6-7-9-28-13-16-34-25-33(22-21-32(34)24-28)31-19-17-30(18-20-31)29-14-11-27(12-15-29)10-8-23-36(4)35(37)26(2)3/h11-22,24-25H,2,5-10,23H2,1,3-4H3. The third-order valence-electron chi connectivity index (χ3n) is 7.15. The van der Waals surface area contributed by atoms with Gasteiger partial charge >= 0.3 is 0 Å². The van der Waals surface area contributed by atoms with Gasteiger partial charge in [-0.25, -0.2) is 0 Å². The first kappa shape index (κ1) is 26.4. The van der Waals surface area contributed by atoms with Crippen LogP contribution in [0.4, 0.5) is 0 Å². The van der Waals surface area contributed by atoms with E-state index in [9.17, 15) is 4.79 Å². The molecule has 4 aromatic carbocycles. The molecule has 4 rings (SSSR count). The lowest BCUT2D eigenvalue weighted by molar-refractivity contribution is -0.125. The lowest BCUT2D eigenvalue weighted by Crippen LogP contribution is -2.28. The molecule has 0 N–H and O–H groups in total. The summed E-state index contributed by atoms with van der Waals surface area (Å²) in [6, 6.07) is 31.4. The van der Waals surface area contributed by atoms with Crippen LogP contribution < -0.4 is 0 Å². The van der Waals surface area contributed by atoms with Crippen molar-refractivity contribution in [1.82, 2.24) is 4.90 Å². The Labute approximate surface area is 222 Å². The summed E-state index contributed by atoms with van der Waals surface area (Å²) >= 11 is 0. The van der Waals surface area contributed by atoms with Crippen molar-refractivity contribution in [3.05, 3.63) is 108 Å². The molecule has 0 bridgehead atoms. The topological polar surface area (TPSA) is 20.3 Å². The van der Waals surface area contributed by atoms with Gasteiger partial charge in [-0.3, -0.25) is 4.79 Å². The minimum absolute atomic E-state index is 0.0226. The van der Waals surface area contributed by atoms with E-state index < -0.39 is 0 Å². The molecule has 190 valence electrons. The fraction of sp³-hybridized carbons (Fsp3) is 0.286. The Morgan fingerprint density at radius 1 is 0.676 bits per heavy atom. The molecule has 0 atom stereocenters. The molecule has 0 saturated carbocycles. The number of rotatable bonds is 11. The number of hydrogen-bond acceptors (Lipinski definition) is 1. The predicted octanol–water partition coefficient (Wildman–Crippen LogP) is 8.87. The maximum Gasteiger partial charge on any atom is 0.248 e. The molecule has 0 aliphatic heterocycles. The van der Waals surface area contributed by atoms with Crippen LogP contribution in [0.3, 0.4) is 0 Å². The Hall–Kier alpha value is -3.65. The second kappa shape index (κ2) is 12.5. The number of hydrogen-bond donors (Lipinski definition) is 0. The number of benzene rings is 4. The summed E-state index contributed by atoms with van der Waals surface area (Å²) in [5, 5.41) is 2.62. The van der Waals surface area contributed by atoms with Gasteiger partial charge in [0.05, 0.1) is 0 Å². The van der Waals surface area contributed by atoms with Crippen LogP contribution >= 0.6 is 0 Å². The van der Waals surface area contributed by atoms with E-state index in [2.05, 4.69) is 98.4 Å². The van der Waals surface area contributed by atoms with Crippen molar-refractivity contribution >= 4 is 16.7 Å². The fourth-order valence-corrected chi connectivity index (χ4v) is 4.88. The second-order valence-corrected chi connectivity index (χ2v) is 10.2. The number of amides is 1.